The first-order chi connectivity index (χ1) is 22.1. The summed E-state index contributed by atoms with van der Waals surface area (Å²) in [6.07, 6.45) is 2.92. The van der Waals surface area contributed by atoms with Crippen LogP contribution < -0.4 is 24.4 Å². The Labute approximate surface area is 281 Å². The van der Waals surface area contributed by atoms with Gasteiger partial charge in [0.1, 0.15) is 24.1 Å². The summed E-state index contributed by atoms with van der Waals surface area (Å²) in [5.41, 5.74) is 2.32. The predicted octanol–water partition coefficient (Wildman–Crippen LogP) is 6.49. The minimum atomic E-state index is -0.895. The SMILES string of the molecule is CCCC1=C(C(=O)OCC)[C@@H](c2cc(Cl)ccc2OC)n2c(s/c(=C/c3cc(Br)ccc3OCc3ccc([N+](=O)[O-])cc3)c2=O)=N1. The fourth-order valence-electron chi connectivity index (χ4n) is 5.11. The van der Waals surface area contributed by atoms with Gasteiger partial charge in [-0.3, -0.25) is 19.5 Å². The number of carbonyl (C=O) groups is 1. The van der Waals surface area contributed by atoms with E-state index in [1.165, 1.54) is 35.1 Å². The molecule has 1 aromatic heterocycles. The molecule has 0 aliphatic carbocycles. The number of esters is 1. The fourth-order valence-corrected chi connectivity index (χ4v) is 6.68. The van der Waals surface area contributed by atoms with E-state index in [1.54, 1.807) is 49.4 Å². The Balaban J connectivity index is 1.65. The van der Waals surface area contributed by atoms with E-state index in [2.05, 4.69) is 15.9 Å². The number of nitro benzene ring substituents is 1. The number of carbonyl (C=O) groups excluding carboxylic acids is 1. The number of hydrogen-bond donors (Lipinski definition) is 0. The van der Waals surface area contributed by atoms with Gasteiger partial charge in [0.25, 0.3) is 11.2 Å². The zero-order valence-electron chi connectivity index (χ0n) is 25.1. The van der Waals surface area contributed by atoms with Gasteiger partial charge in [-0.05, 0) is 73.5 Å². The molecule has 46 heavy (non-hydrogen) atoms. The van der Waals surface area contributed by atoms with Crippen LogP contribution in [0.1, 0.15) is 49.4 Å². The molecule has 4 aromatic rings. The van der Waals surface area contributed by atoms with Gasteiger partial charge in [-0.1, -0.05) is 52.2 Å². The lowest BCUT2D eigenvalue weighted by Crippen LogP contribution is -2.40. The maximum atomic E-state index is 14.3. The van der Waals surface area contributed by atoms with Gasteiger partial charge in [-0.25, -0.2) is 9.79 Å². The van der Waals surface area contributed by atoms with E-state index in [9.17, 15) is 19.7 Å². The van der Waals surface area contributed by atoms with Crippen LogP contribution in [0.3, 0.4) is 0 Å². The van der Waals surface area contributed by atoms with Crippen LogP contribution in [-0.2, 0) is 16.1 Å². The number of nitro groups is 1. The lowest BCUT2D eigenvalue weighted by molar-refractivity contribution is -0.384. The quantitative estimate of drug-likeness (QED) is 0.0984. The van der Waals surface area contributed by atoms with Crippen molar-refractivity contribution in [2.45, 2.75) is 39.3 Å². The molecule has 0 radical (unpaired) electrons. The van der Waals surface area contributed by atoms with Crippen LogP contribution in [-0.4, -0.2) is 29.2 Å². The molecule has 2 heterocycles. The number of methoxy groups -OCH3 is 1. The molecule has 3 aromatic carbocycles. The number of allylic oxidation sites excluding steroid dienone is 1. The Morgan fingerprint density at radius 3 is 2.54 bits per heavy atom. The second-order valence-electron chi connectivity index (χ2n) is 10.2. The Morgan fingerprint density at radius 1 is 1.13 bits per heavy atom. The summed E-state index contributed by atoms with van der Waals surface area (Å²) in [6, 6.07) is 15.7. The van der Waals surface area contributed by atoms with Gasteiger partial charge in [0.05, 0.1) is 34.4 Å². The first kappa shape index (κ1) is 33.1. The fraction of sp³-hybridized carbons (Fsp3) is 0.242. The molecule has 0 amide bonds. The summed E-state index contributed by atoms with van der Waals surface area (Å²) >= 11 is 11.1. The van der Waals surface area contributed by atoms with Crippen molar-refractivity contribution in [2.24, 2.45) is 4.99 Å². The summed E-state index contributed by atoms with van der Waals surface area (Å²) < 4.78 is 19.9. The van der Waals surface area contributed by atoms with Crippen molar-refractivity contribution in [3.8, 4) is 11.5 Å². The minimum absolute atomic E-state index is 0.00892. The Bertz CT molecular complexity index is 2020. The lowest BCUT2D eigenvalue weighted by Gasteiger charge is -2.27. The molecule has 0 saturated carbocycles. The molecule has 13 heteroatoms. The molecule has 0 N–H and O–H groups in total. The minimum Gasteiger partial charge on any atom is -0.496 e. The largest absolute Gasteiger partial charge is 0.496 e. The van der Waals surface area contributed by atoms with Gasteiger partial charge in [0, 0.05) is 32.8 Å². The third-order valence-electron chi connectivity index (χ3n) is 7.18. The number of thiazole rings is 1. The number of hydrogen-bond acceptors (Lipinski definition) is 9. The number of aromatic nitrogens is 1. The Morgan fingerprint density at radius 2 is 1.87 bits per heavy atom. The van der Waals surface area contributed by atoms with Crippen molar-refractivity contribution in [1.82, 2.24) is 4.57 Å². The number of halogens is 2. The summed E-state index contributed by atoms with van der Waals surface area (Å²) in [5, 5.41) is 11.4. The van der Waals surface area contributed by atoms with E-state index in [0.29, 0.717) is 55.5 Å². The number of ether oxygens (including phenoxy) is 3. The zero-order chi connectivity index (χ0) is 33.0. The van der Waals surface area contributed by atoms with Crippen LogP contribution >= 0.6 is 38.9 Å². The van der Waals surface area contributed by atoms with Crippen molar-refractivity contribution >= 4 is 56.6 Å². The highest BCUT2D eigenvalue weighted by atomic mass is 79.9. The van der Waals surface area contributed by atoms with Gasteiger partial charge in [-0.2, -0.15) is 0 Å². The summed E-state index contributed by atoms with van der Waals surface area (Å²) in [6.45, 7) is 4.01. The monoisotopic (exact) mass is 725 g/mol. The highest BCUT2D eigenvalue weighted by Crippen LogP contribution is 2.38. The van der Waals surface area contributed by atoms with E-state index >= 15 is 0 Å². The Hall–Kier alpha value is -4.26. The van der Waals surface area contributed by atoms with Crippen LogP contribution in [0, 0.1) is 10.1 Å². The smallest absolute Gasteiger partial charge is 0.338 e. The number of rotatable bonds is 11. The normalized spacial score (nSPS) is 14.5. The topological polar surface area (TPSA) is 122 Å². The van der Waals surface area contributed by atoms with Crippen LogP contribution in [0.25, 0.3) is 6.08 Å². The lowest BCUT2D eigenvalue weighted by atomic mass is 9.93. The van der Waals surface area contributed by atoms with Gasteiger partial charge in [0.2, 0.25) is 0 Å². The third kappa shape index (κ3) is 6.93. The first-order valence-electron chi connectivity index (χ1n) is 14.4. The van der Waals surface area contributed by atoms with Crippen LogP contribution in [0.15, 0.2) is 86.2 Å². The molecule has 0 fully saturated rings. The van der Waals surface area contributed by atoms with Crippen LogP contribution in [0.5, 0.6) is 11.5 Å². The van der Waals surface area contributed by atoms with E-state index in [-0.39, 0.29) is 30.0 Å². The maximum Gasteiger partial charge on any atom is 0.338 e. The van der Waals surface area contributed by atoms with Crippen molar-refractivity contribution in [3.63, 3.8) is 0 Å². The highest BCUT2D eigenvalue weighted by molar-refractivity contribution is 9.10. The molecule has 238 valence electrons. The zero-order valence-corrected chi connectivity index (χ0v) is 28.3. The van der Waals surface area contributed by atoms with Gasteiger partial charge >= 0.3 is 5.97 Å². The second kappa shape index (κ2) is 14.4. The molecule has 0 bridgehead atoms. The molecule has 1 aliphatic heterocycles. The summed E-state index contributed by atoms with van der Waals surface area (Å²) in [4.78, 5) is 43.6. The average molecular weight is 727 g/mol. The number of nitrogens with zero attached hydrogens (tertiary/aromatic N) is 3. The van der Waals surface area contributed by atoms with Crippen LogP contribution in [0.2, 0.25) is 5.02 Å². The molecule has 0 saturated heterocycles. The second-order valence-corrected chi connectivity index (χ2v) is 12.6. The molecule has 0 spiro atoms. The maximum absolute atomic E-state index is 14.3. The first-order valence-corrected chi connectivity index (χ1v) is 16.3. The molecular formula is C33H29BrClN3O7S. The summed E-state index contributed by atoms with van der Waals surface area (Å²) in [7, 11) is 1.52. The van der Waals surface area contributed by atoms with Crippen molar-refractivity contribution in [2.75, 3.05) is 13.7 Å². The van der Waals surface area contributed by atoms with Crippen LogP contribution in [0.4, 0.5) is 5.69 Å². The van der Waals surface area contributed by atoms with Crippen molar-refractivity contribution in [3.05, 3.63) is 128 Å². The number of fused-ring (bicyclic) bond motifs is 1. The molecule has 5 rings (SSSR count). The molecule has 10 nitrogen and oxygen atoms in total. The Kier molecular flexibility index (Phi) is 10.4. The number of non-ortho nitro benzene ring substituents is 1. The highest BCUT2D eigenvalue weighted by Gasteiger charge is 2.36. The molecule has 1 aliphatic rings. The van der Waals surface area contributed by atoms with Crippen molar-refractivity contribution < 1.29 is 23.9 Å². The number of benzene rings is 3. The van der Waals surface area contributed by atoms with Gasteiger partial charge < -0.3 is 14.2 Å². The van der Waals surface area contributed by atoms with E-state index < -0.39 is 16.9 Å². The van der Waals surface area contributed by atoms with Gasteiger partial charge in [0.15, 0.2) is 4.80 Å². The van der Waals surface area contributed by atoms with E-state index in [4.69, 9.17) is 30.8 Å². The predicted molar refractivity (Wildman–Crippen MR) is 179 cm³/mol. The third-order valence-corrected chi connectivity index (χ3v) is 8.89. The summed E-state index contributed by atoms with van der Waals surface area (Å²) in [5.74, 6) is 0.390. The standard InChI is InChI=1S/C33H29BrClN3O7S/c1-4-6-25-29(32(40)44-5-2)30(24-17-22(35)10-14-27(24)43-3)37-31(39)28(46-33(37)36-25)16-20-15-21(34)9-13-26(20)45-18-19-7-11-23(12-8-19)38(41)42/h7-17,30H,4-6,18H2,1-3H3/b28-16+/t30-/m1/s1. The average Bonchev–Trinajstić information content (AvgIpc) is 3.34. The van der Waals surface area contributed by atoms with E-state index in [0.717, 1.165) is 10.0 Å². The van der Waals surface area contributed by atoms with Crippen molar-refractivity contribution in [1.29, 1.82) is 0 Å². The molecule has 0 unspecified atom stereocenters. The molecule has 1 atom stereocenters. The molecular weight excluding hydrogens is 698 g/mol. The van der Waals surface area contributed by atoms with E-state index in [1.807, 2.05) is 19.1 Å². The van der Waals surface area contributed by atoms with Gasteiger partial charge in [-0.15, -0.1) is 0 Å².